The summed E-state index contributed by atoms with van der Waals surface area (Å²) in [5, 5.41) is 9.24. The van der Waals surface area contributed by atoms with E-state index in [1.165, 1.54) is 12.5 Å². The molecule has 1 heterocycles. The summed E-state index contributed by atoms with van der Waals surface area (Å²) >= 11 is 0. The van der Waals surface area contributed by atoms with Crippen LogP contribution in [0.2, 0.25) is 0 Å². The molecule has 0 fully saturated rings. The van der Waals surface area contributed by atoms with Crippen LogP contribution in [0, 0.1) is 13.8 Å². The average molecular weight is 347 g/mol. The second-order valence-corrected chi connectivity index (χ2v) is 6.10. The predicted octanol–water partition coefficient (Wildman–Crippen LogP) is 4.54. The van der Waals surface area contributed by atoms with Gasteiger partial charge in [-0.2, -0.15) is 4.98 Å². The van der Waals surface area contributed by atoms with E-state index < -0.39 is 0 Å². The number of hydrogen-bond acceptors (Lipinski definition) is 5. The third kappa shape index (κ3) is 4.80. The number of carbonyl (C=O) groups excluding carboxylic acids is 1. The van der Waals surface area contributed by atoms with E-state index >= 15 is 0 Å². The minimum absolute atomic E-state index is 0.0935. The summed E-state index contributed by atoms with van der Waals surface area (Å²) in [5.74, 6) is 1.14. The Hall–Kier alpha value is -3.41. The van der Waals surface area contributed by atoms with Crippen LogP contribution < -0.4 is 16.0 Å². The van der Waals surface area contributed by atoms with Crippen molar-refractivity contribution in [3.8, 4) is 0 Å². The van der Waals surface area contributed by atoms with Crippen molar-refractivity contribution in [2.24, 2.45) is 0 Å². The lowest BCUT2D eigenvalue weighted by Crippen LogP contribution is -2.05. The molecule has 1 amide bonds. The highest BCUT2D eigenvalue weighted by Crippen LogP contribution is 2.21. The first-order chi connectivity index (χ1) is 12.5. The molecule has 6 heteroatoms. The molecule has 0 bridgehead atoms. The van der Waals surface area contributed by atoms with Crippen LogP contribution >= 0.6 is 0 Å². The van der Waals surface area contributed by atoms with E-state index in [1.54, 1.807) is 0 Å². The van der Waals surface area contributed by atoms with Gasteiger partial charge in [0.05, 0.1) is 0 Å². The van der Waals surface area contributed by atoms with Gasteiger partial charge in [-0.15, -0.1) is 0 Å². The Balaban J connectivity index is 1.76. The number of nitrogens with one attached hydrogen (secondary N) is 3. The van der Waals surface area contributed by atoms with E-state index in [1.807, 2.05) is 68.4 Å². The smallest absolute Gasteiger partial charge is 0.229 e. The van der Waals surface area contributed by atoms with Crippen LogP contribution in [-0.4, -0.2) is 15.9 Å². The van der Waals surface area contributed by atoms with Crippen molar-refractivity contribution < 1.29 is 4.79 Å². The average Bonchev–Trinajstić information content (AvgIpc) is 2.56. The Labute approximate surface area is 152 Å². The van der Waals surface area contributed by atoms with Crippen molar-refractivity contribution in [3.63, 3.8) is 0 Å². The second-order valence-electron chi connectivity index (χ2n) is 6.10. The third-order valence-corrected chi connectivity index (χ3v) is 3.61. The number of rotatable bonds is 5. The normalized spacial score (nSPS) is 10.3. The number of aromatic nitrogens is 2. The number of amides is 1. The quantitative estimate of drug-likeness (QED) is 0.631. The Morgan fingerprint density at radius 3 is 2.27 bits per heavy atom. The van der Waals surface area contributed by atoms with Crippen molar-refractivity contribution in [3.05, 3.63) is 65.9 Å². The van der Waals surface area contributed by atoms with Gasteiger partial charge in [0.1, 0.15) is 5.82 Å². The fourth-order valence-electron chi connectivity index (χ4n) is 2.53. The van der Waals surface area contributed by atoms with E-state index in [0.29, 0.717) is 11.8 Å². The van der Waals surface area contributed by atoms with Crippen LogP contribution in [0.5, 0.6) is 0 Å². The summed E-state index contributed by atoms with van der Waals surface area (Å²) in [6, 6.07) is 17.4. The van der Waals surface area contributed by atoms with Gasteiger partial charge in [0.2, 0.25) is 11.9 Å². The molecule has 132 valence electrons. The van der Waals surface area contributed by atoms with Crippen LogP contribution in [0.15, 0.2) is 54.6 Å². The van der Waals surface area contributed by atoms with Crippen LogP contribution in [-0.2, 0) is 4.79 Å². The maximum atomic E-state index is 11.1. The molecular weight excluding hydrogens is 326 g/mol. The molecule has 0 aliphatic heterocycles. The van der Waals surface area contributed by atoms with E-state index in [-0.39, 0.29) is 5.91 Å². The monoisotopic (exact) mass is 347 g/mol. The standard InChI is InChI=1S/C20H21N5O/c1-13-5-4-6-18(11-13)24-20-21-14(2)12-19(25-20)23-17-9-7-16(8-10-17)22-15(3)26/h4-12H,1-3H3,(H,22,26)(H2,21,23,24,25). The zero-order valence-electron chi connectivity index (χ0n) is 15.0. The number of anilines is 5. The second kappa shape index (κ2) is 7.65. The van der Waals surface area contributed by atoms with Crippen molar-refractivity contribution >= 4 is 34.7 Å². The molecule has 0 radical (unpaired) electrons. The molecular formula is C20H21N5O. The first-order valence-electron chi connectivity index (χ1n) is 8.32. The minimum atomic E-state index is -0.0935. The van der Waals surface area contributed by atoms with Crippen LogP contribution in [0.1, 0.15) is 18.2 Å². The number of benzene rings is 2. The van der Waals surface area contributed by atoms with Crippen LogP contribution in [0.25, 0.3) is 0 Å². The lowest BCUT2D eigenvalue weighted by molar-refractivity contribution is -0.114. The van der Waals surface area contributed by atoms with Gasteiger partial charge in [-0.05, 0) is 55.8 Å². The third-order valence-electron chi connectivity index (χ3n) is 3.61. The zero-order valence-corrected chi connectivity index (χ0v) is 15.0. The summed E-state index contributed by atoms with van der Waals surface area (Å²) < 4.78 is 0. The largest absolute Gasteiger partial charge is 0.340 e. The van der Waals surface area contributed by atoms with E-state index in [4.69, 9.17) is 0 Å². The summed E-state index contributed by atoms with van der Waals surface area (Å²) in [7, 11) is 0. The maximum absolute atomic E-state index is 11.1. The van der Waals surface area contributed by atoms with Gasteiger partial charge in [-0.25, -0.2) is 4.98 Å². The zero-order chi connectivity index (χ0) is 18.5. The van der Waals surface area contributed by atoms with Gasteiger partial charge in [0.25, 0.3) is 0 Å². The van der Waals surface area contributed by atoms with E-state index in [2.05, 4.69) is 25.9 Å². The molecule has 3 rings (SSSR count). The Morgan fingerprint density at radius 1 is 0.846 bits per heavy atom. The molecule has 6 nitrogen and oxygen atoms in total. The molecule has 0 atom stereocenters. The van der Waals surface area contributed by atoms with Gasteiger partial charge in [0, 0.05) is 35.7 Å². The van der Waals surface area contributed by atoms with Crippen molar-refractivity contribution in [1.29, 1.82) is 0 Å². The van der Waals surface area contributed by atoms with E-state index in [0.717, 1.165) is 22.8 Å². The lowest BCUT2D eigenvalue weighted by Gasteiger charge is -2.11. The number of hydrogen-bond donors (Lipinski definition) is 3. The Bertz CT molecular complexity index is 922. The molecule has 3 aromatic rings. The van der Waals surface area contributed by atoms with Gasteiger partial charge >= 0.3 is 0 Å². The first-order valence-corrected chi connectivity index (χ1v) is 8.32. The summed E-state index contributed by atoms with van der Waals surface area (Å²) in [6.45, 7) is 5.45. The fraction of sp³-hybridized carbons (Fsp3) is 0.150. The van der Waals surface area contributed by atoms with Gasteiger partial charge in [-0.1, -0.05) is 12.1 Å². The highest BCUT2D eigenvalue weighted by molar-refractivity contribution is 5.88. The number of nitrogens with zero attached hydrogens (tertiary/aromatic N) is 2. The van der Waals surface area contributed by atoms with Crippen molar-refractivity contribution in [1.82, 2.24) is 9.97 Å². The highest BCUT2D eigenvalue weighted by Gasteiger charge is 2.04. The molecule has 0 saturated carbocycles. The summed E-state index contributed by atoms with van der Waals surface area (Å²) in [5.41, 5.74) is 4.59. The highest BCUT2D eigenvalue weighted by atomic mass is 16.1. The molecule has 26 heavy (non-hydrogen) atoms. The summed E-state index contributed by atoms with van der Waals surface area (Å²) in [4.78, 5) is 20.0. The predicted molar refractivity (Wildman–Crippen MR) is 105 cm³/mol. The molecule has 3 N–H and O–H groups in total. The lowest BCUT2D eigenvalue weighted by atomic mass is 10.2. The molecule has 1 aromatic heterocycles. The van der Waals surface area contributed by atoms with Gasteiger partial charge in [0.15, 0.2) is 0 Å². The number of aryl methyl sites for hydroxylation is 2. The minimum Gasteiger partial charge on any atom is -0.340 e. The van der Waals surface area contributed by atoms with Crippen molar-refractivity contribution in [2.75, 3.05) is 16.0 Å². The van der Waals surface area contributed by atoms with E-state index in [9.17, 15) is 4.79 Å². The maximum Gasteiger partial charge on any atom is 0.229 e. The Morgan fingerprint density at radius 2 is 1.58 bits per heavy atom. The first kappa shape index (κ1) is 17.4. The molecule has 0 unspecified atom stereocenters. The van der Waals surface area contributed by atoms with Crippen LogP contribution in [0.3, 0.4) is 0 Å². The molecule has 0 spiro atoms. The molecule has 2 aromatic carbocycles. The summed E-state index contributed by atoms with van der Waals surface area (Å²) in [6.07, 6.45) is 0. The van der Waals surface area contributed by atoms with Gasteiger partial charge < -0.3 is 16.0 Å². The molecule has 0 aliphatic carbocycles. The van der Waals surface area contributed by atoms with Crippen LogP contribution in [0.4, 0.5) is 28.8 Å². The SMILES string of the molecule is CC(=O)Nc1ccc(Nc2cc(C)nc(Nc3cccc(C)c3)n2)cc1. The van der Waals surface area contributed by atoms with Gasteiger partial charge in [-0.3, -0.25) is 4.79 Å². The van der Waals surface area contributed by atoms with Crippen molar-refractivity contribution in [2.45, 2.75) is 20.8 Å². The Kier molecular flexibility index (Phi) is 5.12. The number of carbonyl (C=O) groups is 1. The molecule has 0 aliphatic rings. The topological polar surface area (TPSA) is 78.9 Å². The molecule has 0 saturated heterocycles. The fourth-order valence-corrected chi connectivity index (χ4v) is 2.53.